The van der Waals surface area contributed by atoms with Crippen LogP contribution in [0.3, 0.4) is 0 Å². The second kappa shape index (κ2) is 6.01. The summed E-state index contributed by atoms with van der Waals surface area (Å²) >= 11 is 0. The molecule has 106 valence electrons. The van der Waals surface area contributed by atoms with E-state index in [2.05, 4.69) is 0 Å². The van der Waals surface area contributed by atoms with Crippen molar-refractivity contribution in [3.05, 3.63) is 35.1 Å². The van der Waals surface area contributed by atoms with Gasteiger partial charge in [-0.3, -0.25) is 0 Å². The van der Waals surface area contributed by atoms with Crippen molar-refractivity contribution in [2.45, 2.75) is 38.0 Å². The number of hydrogen-bond donors (Lipinski definition) is 1. The number of rotatable bonds is 5. The lowest BCUT2D eigenvalue weighted by atomic mass is 10.1. The maximum Gasteiger partial charge on any atom is 0.154 e. The van der Waals surface area contributed by atoms with Crippen LogP contribution in [0.4, 0.5) is 4.39 Å². The second-order valence-corrected chi connectivity index (χ2v) is 7.44. The van der Waals surface area contributed by atoms with Crippen LogP contribution >= 0.6 is 0 Å². The van der Waals surface area contributed by atoms with Crippen LogP contribution in [0.2, 0.25) is 0 Å². The molecule has 1 aromatic carbocycles. The number of hydrogen-bond acceptors (Lipinski definition) is 3. The van der Waals surface area contributed by atoms with Gasteiger partial charge in [-0.05, 0) is 30.4 Å². The van der Waals surface area contributed by atoms with E-state index in [4.69, 9.17) is 5.73 Å². The first-order valence-electron chi connectivity index (χ1n) is 6.68. The Morgan fingerprint density at radius 1 is 1.26 bits per heavy atom. The molecule has 0 saturated heterocycles. The van der Waals surface area contributed by atoms with Crippen molar-refractivity contribution in [2.24, 2.45) is 11.7 Å². The molecule has 3 nitrogen and oxygen atoms in total. The van der Waals surface area contributed by atoms with Gasteiger partial charge in [-0.1, -0.05) is 25.0 Å². The number of benzene rings is 1. The van der Waals surface area contributed by atoms with Gasteiger partial charge in [0.15, 0.2) is 9.84 Å². The molecular weight excluding hydrogens is 265 g/mol. The second-order valence-electron chi connectivity index (χ2n) is 5.33. The van der Waals surface area contributed by atoms with Crippen molar-refractivity contribution < 1.29 is 12.8 Å². The molecule has 0 heterocycles. The van der Waals surface area contributed by atoms with Gasteiger partial charge in [-0.25, -0.2) is 12.8 Å². The average molecular weight is 285 g/mol. The van der Waals surface area contributed by atoms with Gasteiger partial charge in [0.25, 0.3) is 0 Å². The van der Waals surface area contributed by atoms with Crippen LogP contribution in [0.25, 0.3) is 0 Å². The molecule has 0 spiro atoms. The Balaban J connectivity index is 2.06. The van der Waals surface area contributed by atoms with E-state index in [0.29, 0.717) is 5.56 Å². The Morgan fingerprint density at radius 3 is 2.53 bits per heavy atom. The maximum atomic E-state index is 13.8. The van der Waals surface area contributed by atoms with Gasteiger partial charge < -0.3 is 5.73 Å². The zero-order chi connectivity index (χ0) is 13.9. The van der Waals surface area contributed by atoms with Crippen molar-refractivity contribution in [3.8, 4) is 0 Å². The molecule has 0 atom stereocenters. The van der Waals surface area contributed by atoms with Crippen LogP contribution < -0.4 is 5.73 Å². The Morgan fingerprint density at radius 2 is 1.95 bits per heavy atom. The molecule has 1 aliphatic rings. The van der Waals surface area contributed by atoms with Crippen LogP contribution in [0.15, 0.2) is 18.2 Å². The maximum absolute atomic E-state index is 13.8. The summed E-state index contributed by atoms with van der Waals surface area (Å²) in [4.78, 5) is 0. The number of nitrogens with two attached hydrogens (primary N) is 1. The highest BCUT2D eigenvalue weighted by Crippen LogP contribution is 2.27. The van der Waals surface area contributed by atoms with Gasteiger partial charge in [0.05, 0.1) is 11.5 Å². The summed E-state index contributed by atoms with van der Waals surface area (Å²) in [6, 6.07) is 4.54. The van der Waals surface area contributed by atoms with Crippen molar-refractivity contribution in [2.75, 3.05) is 5.75 Å². The van der Waals surface area contributed by atoms with Crippen molar-refractivity contribution in [1.82, 2.24) is 0 Å². The van der Waals surface area contributed by atoms with E-state index in [1.54, 1.807) is 6.07 Å². The fourth-order valence-corrected chi connectivity index (χ4v) is 4.54. The van der Waals surface area contributed by atoms with Crippen LogP contribution in [0.5, 0.6) is 0 Å². The van der Waals surface area contributed by atoms with Gasteiger partial charge in [0, 0.05) is 12.1 Å². The Bertz CT molecular complexity index is 536. The third-order valence-electron chi connectivity index (χ3n) is 3.69. The molecule has 5 heteroatoms. The van der Waals surface area contributed by atoms with E-state index in [1.165, 1.54) is 12.1 Å². The predicted molar refractivity (Wildman–Crippen MR) is 73.7 cm³/mol. The minimum atomic E-state index is -3.23. The molecule has 2 rings (SSSR count). The first-order valence-corrected chi connectivity index (χ1v) is 8.50. The van der Waals surface area contributed by atoms with E-state index < -0.39 is 15.7 Å². The smallest absolute Gasteiger partial charge is 0.154 e. The van der Waals surface area contributed by atoms with Gasteiger partial charge in [-0.15, -0.1) is 0 Å². The largest absolute Gasteiger partial charge is 0.326 e. The zero-order valence-corrected chi connectivity index (χ0v) is 11.8. The minimum absolute atomic E-state index is 0.186. The molecule has 0 aliphatic heterocycles. The van der Waals surface area contributed by atoms with Crippen molar-refractivity contribution in [1.29, 1.82) is 0 Å². The van der Waals surface area contributed by atoms with E-state index in [0.717, 1.165) is 25.7 Å². The summed E-state index contributed by atoms with van der Waals surface area (Å²) in [5.41, 5.74) is 6.34. The number of sulfone groups is 1. The lowest BCUT2D eigenvalue weighted by Gasteiger charge is -2.11. The standard InChI is InChI=1S/C14H20FNO2S/c15-14-7-12(8-16)5-6-13(14)10-19(17,18)9-11-3-1-2-4-11/h5-7,11H,1-4,8-10,16H2. The van der Waals surface area contributed by atoms with E-state index >= 15 is 0 Å². The van der Waals surface area contributed by atoms with E-state index in [1.807, 2.05) is 0 Å². The van der Waals surface area contributed by atoms with Crippen LogP contribution in [0.1, 0.15) is 36.8 Å². The Labute approximate surface area is 113 Å². The predicted octanol–water partition coefficient (Wildman–Crippen LogP) is 2.39. The highest BCUT2D eigenvalue weighted by atomic mass is 32.2. The van der Waals surface area contributed by atoms with Crippen molar-refractivity contribution >= 4 is 9.84 Å². The normalized spacial score (nSPS) is 16.9. The van der Waals surface area contributed by atoms with Gasteiger partial charge in [-0.2, -0.15) is 0 Å². The van der Waals surface area contributed by atoms with E-state index in [9.17, 15) is 12.8 Å². The molecule has 0 radical (unpaired) electrons. The Kier molecular flexibility index (Phi) is 4.58. The number of halogens is 1. The molecule has 1 saturated carbocycles. The first-order chi connectivity index (χ1) is 9.00. The first kappa shape index (κ1) is 14.5. The van der Waals surface area contributed by atoms with Crippen LogP contribution in [-0.4, -0.2) is 14.2 Å². The molecule has 0 unspecified atom stereocenters. The molecule has 0 amide bonds. The van der Waals surface area contributed by atoms with Gasteiger partial charge >= 0.3 is 0 Å². The van der Waals surface area contributed by atoms with Gasteiger partial charge in [0.1, 0.15) is 5.82 Å². The molecule has 1 aromatic rings. The minimum Gasteiger partial charge on any atom is -0.326 e. The lowest BCUT2D eigenvalue weighted by molar-refractivity contribution is 0.555. The highest BCUT2D eigenvalue weighted by molar-refractivity contribution is 7.90. The molecule has 0 aromatic heterocycles. The average Bonchev–Trinajstić information content (AvgIpc) is 2.83. The quantitative estimate of drug-likeness (QED) is 0.903. The summed E-state index contributed by atoms with van der Waals surface area (Å²) < 4.78 is 37.9. The summed E-state index contributed by atoms with van der Waals surface area (Å²) in [6.07, 6.45) is 4.18. The Hall–Kier alpha value is -0.940. The summed E-state index contributed by atoms with van der Waals surface area (Å²) in [6.45, 7) is 0.256. The van der Waals surface area contributed by atoms with Crippen molar-refractivity contribution in [3.63, 3.8) is 0 Å². The lowest BCUT2D eigenvalue weighted by Crippen LogP contribution is -2.16. The highest BCUT2D eigenvalue weighted by Gasteiger charge is 2.23. The fourth-order valence-electron chi connectivity index (χ4n) is 2.67. The molecule has 1 fully saturated rings. The van der Waals surface area contributed by atoms with E-state index in [-0.39, 0.29) is 29.5 Å². The molecule has 19 heavy (non-hydrogen) atoms. The fraction of sp³-hybridized carbons (Fsp3) is 0.571. The molecular formula is C14H20FNO2S. The summed E-state index contributed by atoms with van der Waals surface area (Å²) in [5, 5.41) is 0. The zero-order valence-electron chi connectivity index (χ0n) is 10.9. The monoisotopic (exact) mass is 285 g/mol. The van der Waals surface area contributed by atoms with Crippen LogP contribution in [0, 0.1) is 11.7 Å². The third kappa shape index (κ3) is 4.01. The van der Waals surface area contributed by atoms with Crippen LogP contribution in [-0.2, 0) is 22.1 Å². The summed E-state index contributed by atoms with van der Waals surface area (Å²) in [5.74, 6) is -0.236. The topological polar surface area (TPSA) is 60.2 Å². The molecule has 1 aliphatic carbocycles. The molecule has 2 N–H and O–H groups in total. The SMILES string of the molecule is NCc1ccc(CS(=O)(=O)CC2CCCC2)c(F)c1. The molecule has 0 bridgehead atoms. The third-order valence-corrected chi connectivity index (χ3v) is 5.42. The summed E-state index contributed by atoms with van der Waals surface area (Å²) in [7, 11) is -3.23. The van der Waals surface area contributed by atoms with Gasteiger partial charge in [0.2, 0.25) is 0 Å².